The minimum Gasteiger partial charge on any atom is -0.478 e. The van der Waals surface area contributed by atoms with Crippen LogP contribution in [0.2, 0.25) is 0 Å². The fourth-order valence-corrected chi connectivity index (χ4v) is 1.97. The normalized spacial score (nSPS) is 10.3. The molecule has 0 saturated carbocycles. The van der Waals surface area contributed by atoms with Crippen molar-refractivity contribution < 1.29 is 9.90 Å². The van der Waals surface area contributed by atoms with Gasteiger partial charge in [0.25, 0.3) is 0 Å². The van der Waals surface area contributed by atoms with Crippen molar-refractivity contribution in [2.75, 3.05) is 5.32 Å². The zero-order chi connectivity index (χ0) is 14.0. The summed E-state index contributed by atoms with van der Waals surface area (Å²) in [4.78, 5) is 15.6. The molecule has 0 bridgehead atoms. The Labute approximate surface area is 112 Å². The molecule has 1 heterocycles. The van der Waals surface area contributed by atoms with Crippen LogP contribution in [0.3, 0.4) is 0 Å². The fraction of sp³-hybridized carbons (Fsp3) is 0.200. The maximum Gasteiger partial charge on any atom is 0.339 e. The first kappa shape index (κ1) is 13.1. The molecule has 0 aliphatic rings. The van der Waals surface area contributed by atoms with Gasteiger partial charge in [-0.15, -0.1) is 0 Å². The van der Waals surface area contributed by atoms with Crippen molar-refractivity contribution in [2.24, 2.45) is 0 Å². The average molecular weight is 256 g/mol. The number of aromatic carboxylic acids is 1. The quantitative estimate of drug-likeness (QED) is 0.883. The number of aryl methyl sites for hydroxylation is 3. The summed E-state index contributed by atoms with van der Waals surface area (Å²) < 4.78 is 0. The molecule has 0 saturated heterocycles. The van der Waals surface area contributed by atoms with E-state index in [-0.39, 0.29) is 5.56 Å². The number of aromatic nitrogens is 1. The molecular formula is C15H16N2O2. The van der Waals surface area contributed by atoms with Gasteiger partial charge in [0.05, 0.1) is 0 Å². The molecule has 2 N–H and O–H groups in total. The predicted molar refractivity (Wildman–Crippen MR) is 75.1 cm³/mol. The molecule has 0 fully saturated rings. The number of carbonyl (C=O) groups is 1. The number of hydrogen-bond acceptors (Lipinski definition) is 3. The molecule has 4 nitrogen and oxygen atoms in total. The van der Waals surface area contributed by atoms with Crippen LogP contribution >= 0.6 is 0 Å². The topological polar surface area (TPSA) is 62.2 Å². The first-order valence-electron chi connectivity index (χ1n) is 6.02. The van der Waals surface area contributed by atoms with E-state index in [9.17, 15) is 9.90 Å². The molecule has 2 aromatic rings. The molecule has 0 unspecified atom stereocenters. The monoisotopic (exact) mass is 256 g/mol. The maximum absolute atomic E-state index is 11.3. The second-order valence-electron chi connectivity index (χ2n) is 4.60. The van der Waals surface area contributed by atoms with Gasteiger partial charge in [-0.05, 0) is 44.5 Å². The molecule has 0 spiro atoms. The van der Waals surface area contributed by atoms with Crippen molar-refractivity contribution in [3.05, 3.63) is 52.7 Å². The van der Waals surface area contributed by atoms with Crippen LogP contribution in [-0.4, -0.2) is 16.1 Å². The van der Waals surface area contributed by atoms with Crippen LogP contribution < -0.4 is 5.32 Å². The Morgan fingerprint density at radius 2 is 1.79 bits per heavy atom. The number of anilines is 2. The van der Waals surface area contributed by atoms with Crippen LogP contribution in [0.15, 0.2) is 30.3 Å². The van der Waals surface area contributed by atoms with Gasteiger partial charge >= 0.3 is 5.97 Å². The maximum atomic E-state index is 11.3. The van der Waals surface area contributed by atoms with Crippen molar-refractivity contribution in [1.29, 1.82) is 0 Å². The van der Waals surface area contributed by atoms with E-state index >= 15 is 0 Å². The summed E-state index contributed by atoms with van der Waals surface area (Å²) >= 11 is 0. The van der Waals surface area contributed by atoms with E-state index in [1.807, 2.05) is 38.1 Å². The molecule has 2 rings (SSSR count). The van der Waals surface area contributed by atoms with Crippen LogP contribution in [0.4, 0.5) is 11.5 Å². The Hall–Kier alpha value is -2.36. The third-order valence-corrected chi connectivity index (χ3v) is 2.87. The Bertz CT molecular complexity index is 619. The lowest BCUT2D eigenvalue weighted by Gasteiger charge is -2.12. The van der Waals surface area contributed by atoms with Crippen molar-refractivity contribution in [2.45, 2.75) is 20.8 Å². The SMILES string of the molecule is Cc1ccc(Nc2nc(C)cc(C)c2C(=O)O)cc1. The van der Waals surface area contributed by atoms with Crippen molar-refractivity contribution in [3.8, 4) is 0 Å². The Morgan fingerprint density at radius 1 is 1.16 bits per heavy atom. The predicted octanol–water partition coefficient (Wildman–Crippen LogP) is 3.45. The summed E-state index contributed by atoms with van der Waals surface area (Å²) in [5, 5.41) is 12.4. The van der Waals surface area contributed by atoms with Crippen LogP contribution in [0.5, 0.6) is 0 Å². The van der Waals surface area contributed by atoms with Crippen molar-refractivity contribution in [3.63, 3.8) is 0 Å². The van der Waals surface area contributed by atoms with Gasteiger partial charge in [-0.2, -0.15) is 0 Å². The number of carboxylic acid groups (broad SMARTS) is 1. The van der Waals surface area contributed by atoms with Gasteiger partial charge in [0, 0.05) is 11.4 Å². The highest BCUT2D eigenvalue weighted by Crippen LogP contribution is 2.23. The minimum atomic E-state index is -0.973. The molecule has 0 radical (unpaired) electrons. The number of pyridine rings is 1. The molecule has 0 atom stereocenters. The lowest BCUT2D eigenvalue weighted by molar-refractivity contribution is 0.0697. The van der Waals surface area contributed by atoms with Crippen LogP contribution in [0.1, 0.15) is 27.2 Å². The molecule has 0 amide bonds. The second kappa shape index (κ2) is 5.10. The van der Waals surface area contributed by atoms with Gasteiger partial charge < -0.3 is 10.4 Å². The molecular weight excluding hydrogens is 240 g/mol. The lowest BCUT2D eigenvalue weighted by Crippen LogP contribution is -2.08. The minimum absolute atomic E-state index is 0.214. The van der Waals surface area contributed by atoms with Gasteiger partial charge in [0.1, 0.15) is 11.4 Å². The van der Waals surface area contributed by atoms with E-state index in [0.717, 1.165) is 16.9 Å². The van der Waals surface area contributed by atoms with Crippen LogP contribution in [0.25, 0.3) is 0 Å². The third-order valence-electron chi connectivity index (χ3n) is 2.87. The van der Waals surface area contributed by atoms with Crippen molar-refractivity contribution >= 4 is 17.5 Å². The number of nitrogens with zero attached hydrogens (tertiary/aromatic N) is 1. The van der Waals surface area contributed by atoms with Gasteiger partial charge in [-0.3, -0.25) is 0 Å². The molecule has 0 aliphatic carbocycles. The number of carboxylic acids is 1. The molecule has 1 aromatic carbocycles. The second-order valence-corrected chi connectivity index (χ2v) is 4.60. The zero-order valence-electron chi connectivity index (χ0n) is 11.2. The zero-order valence-corrected chi connectivity index (χ0v) is 11.2. The Balaban J connectivity index is 2.44. The summed E-state index contributed by atoms with van der Waals surface area (Å²) in [6.07, 6.45) is 0. The standard InChI is InChI=1S/C15H16N2O2/c1-9-4-6-12(7-5-9)17-14-13(15(18)19)10(2)8-11(3)16-14/h4-8H,1-3H3,(H,16,17)(H,18,19). The highest BCUT2D eigenvalue weighted by atomic mass is 16.4. The molecule has 98 valence electrons. The summed E-state index contributed by atoms with van der Waals surface area (Å²) in [6.45, 7) is 5.62. The third kappa shape index (κ3) is 2.91. The lowest BCUT2D eigenvalue weighted by atomic mass is 10.1. The van der Waals surface area contributed by atoms with Crippen LogP contribution in [0, 0.1) is 20.8 Å². The molecule has 0 aliphatic heterocycles. The van der Waals surface area contributed by atoms with E-state index in [2.05, 4.69) is 10.3 Å². The summed E-state index contributed by atoms with van der Waals surface area (Å²) in [5.41, 5.74) is 3.68. The van der Waals surface area contributed by atoms with E-state index in [0.29, 0.717) is 11.4 Å². The smallest absolute Gasteiger partial charge is 0.339 e. The van der Waals surface area contributed by atoms with E-state index < -0.39 is 5.97 Å². The summed E-state index contributed by atoms with van der Waals surface area (Å²) in [7, 11) is 0. The summed E-state index contributed by atoms with van der Waals surface area (Å²) in [5.74, 6) is -0.589. The van der Waals surface area contributed by atoms with Crippen molar-refractivity contribution in [1.82, 2.24) is 4.98 Å². The van der Waals surface area contributed by atoms with Gasteiger partial charge in [0.2, 0.25) is 0 Å². The fourth-order valence-electron chi connectivity index (χ4n) is 1.97. The number of rotatable bonds is 3. The number of hydrogen-bond donors (Lipinski definition) is 2. The van der Waals surface area contributed by atoms with Gasteiger partial charge in [0.15, 0.2) is 0 Å². The molecule has 19 heavy (non-hydrogen) atoms. The summed E-state index contributed by atoms with van der Waals surface area (Å²) in [6, 6.07) is 9.50. The van der Waals surface area contributed by atoms with E-state index in [4.69, 9.17) is 0 Å². The number of benzene rings is 1. The molecule has 1 aromatic heterocycles. The molecule has 4 heteroatoms. The van der Waals surface area contributed by atoms with Crippen LogP contribution in [-0.2, 0) is 0 Å². The van der Waals surface area contributed by atoms with E-state index in [1.165, 1.54) is 0 Å². The largest absolute Gasteiger partial charge is 0.478 e. The first-order chi connectivity index (χ1) is 8.97. The average Bonchev–Trinajstić information content (AvgIpc) is 2.30. The first-order valence-corrected chi connectivity index (χ1v) is 6.02. The Kier molecular flexibility index (Phi) is 3.51. The highest BCUT2D eigenvalue weighted by Gasteiger charge is 2.15. The van der Waals surface area contributed by atoms with E-state index in [1.54, 1.807) is 13.0 Å². The number of nitrogens with one attached hydrogen (secondary N) is 1. The Morgan fingerprint density at radius 3 is 2.37 bits per heavy atom. The van der Waals surface area contributed by atoms with Gasteiger partial charge in [-0.1, -0.05) is 17.7 Å². The highest BCUT2D eigenvalue weighted by molar-refractivity contribution is 5.95. The van der Waals surface area contributed by atoms with Gasteiger partial charge in [-0.25, -0.2) is 9.78 Å².